The van der Waals surface area contributed by atoms with Crippen molar-refractivity contribution in [3.63, 3.8) is 0 Å². The van der Waals surface area contributed by atoms with Crippen molar-refractivity contribution in [2.75, 3.05) is 13.1 Å². The Morgan fingerprint density at radius 3 is 3.05 bits per heavy atom. The van der Waals surface area contributed by atoms with Crippen LogP contribution < -0.4 is 0 Å². The van der Waals surface area contributed by atoms with Crippen LogP contribution in [0.4, 0.5) is 0 Å². The van der Waals surface area contributed by atoms with E-state index in [0.29, 0.717) is 0 Å². The van der Waals surface area contributed by atoms with Gasteiger partial charge in [0.2, 0.25) is 0 Å². The van der Waals surface area contributed by atoms with Gasteiger partial charge in [-0.15, -0.1) is 11.3 Å². The summed E-state index contributed by atoms with van der Waals surface area (Å²) >= 11 is 3.64. The molecule has 2 aliphatic heterocycles. The van der Waals surface area contributed by atoms with Gasteiger partial charge in [0.05, 0.1) is 12.2 Å². The van der Waals surface area contributed by atoms with Gasteiger partial charge in [0, 0.05) is 16.1 Å². The van der Waals surface area contributed by atoms with E-state index in [4.69, 9.17) is 0 Å². The molecule has 0 amide bonds. The van der Waals surface area contributed by atoms with Gasteiger partial charge in [0.25, 0.3) is 0 Å². The molecule has 0 atom stereocenters. The highest BCUT2D eigenvalue weighted by atomic mass is 32.2. The number of thiophene rings is 1. The Kier molecular flexibility index (Phi) is 2.50. The highest BCUT2D eigenvalue weighted by Gasteiger charge is 2.31. The number of thioether (sulfide) groups is 1. The first-order valence-corrected chi connectivity index (χ1v) is 8.12. The molecule has 0 radical (unpaired) electrons. The van der Waals surface area contributed by atoms with Crippen LogP contribution in [0.3, 0.4) is 0 Å². The quantitative estimate of drug-likeness (QED) is 0.776. The van der Waals surface area contributed by atoms with Crippen molar-refractivity contribution in [3.05, 3.63) is 39.6 Å². The van der Waals surface area contributed by atoms with Crippen LogP contribution >= 0.6 is 23.1 Å². The average Bonchev–Trinajstić information content (AvgIpc) is 3.02. The summed E-state index contributed by atoms with van der Waals surface area (Å²) in [6.07, 6.45) is 0. The summed E-state index contributed by atoms with van der Waals surface area (Å²) in [6.45, 7) is 6.36. The number of aryl methyl sites for hydroxylation is 1. The maximum absolute atomic E-state index is 4.56. The number of rotatable bonds is 1. The fraction of sp³-hybridized carbons (Fsp3) is 0.267. The Morgan fingerprint density at radius 2 is 2.16 bits per heavy atom. The second-order valence-corrected chi connectivity index (χ2v) is 7.05. The minimum atomic E-state index is 0.929. The standard InChI is InChI=1S/C15H14N2S2/c1-9-7-12(8-11-3-6-18-14(9)11)13-10(2)19-15-16-4-5-17(13)15/h3,6-8H,4-5H2,1-2H3. The van der Waals surface area contributed by atoms with Crippen LogP contribution in [0, 0.1) is 6.92 Å². The zero-order valence-corrected chi connectivity index (χ0v) is 12.6. The Labute approximate surface area is 120 Å². The van der Waals surface area contributed by atoms with Crippen LogP contribution in [0.15, 0.2) is 33.5 Å². The zero-order chi connectivity index (χ0) is 13.0. The normalized spacial score (nSPS) is 18.4. The fourth-order valence-electron chi connectivity index (χ4n) is 2.85. The van der Waals surface area contributed by atoms with E-state index in [0.717, 1.165) is 13.1 Å². The molecule has 3 heterocycles. The van der Waals surface area contributed by atoms with E-state index in [2.05, 4.69) is 47.3 Å². The van der Waals surface area contributed by atoms with E-state index in [9.17, 15) is 0 Å². The summed E-state index contributed by atoms with van der Waals surface area (Å²) in [5, 5.41) is 4.71. The third kappa shape index (κ3) is 1.66. The van der Waals surface area contributed by atoms with Crippen molar-refractivity contribution in [1.29, 1.82) is 0 Å². The molecule has 96 valence electrons. The van der Waals surface area contributed by atoms with Crippen LogP contribution in [0.5, 0.6) is 0 Å². The number of amidine groups is 1. The maximum atomic E-state index is 4.56. The summed E-state index contributed by atoms with van der Waals surface area (Å²) in [7, 11) is 0. The van der Waals surface area contributed by atoms with Gasteiger partial charge in [-0.3, -0.25) is 4.99 Å². The lowest BCUT2D eigenvalue weighted by molar-refractivity contribution is 0.648. The van der Waals surface area contributed by atoms with Crippen LogP contribution in [0.1, 0.15) is 18.1 Å². The topological polar surface area (TPSA) is 15.6 Å². The number of nitrogens with zero attached hydrogens (tertiary/aromatic N) is 2. The minimum absolute atomic E-state index is 0.929. The van der Waals surface area contributed by atoms with Gasteiger partial charge in [-0.05, 0) is 53.9 Å². The van der Waals surface area contributed by atoms with Gasteiger partial charge < -0.3 is 4.90 Å². The summed E-state index contributed by atoms with van der Waals surface area (Å²) in [5.41, 5.74) is 4.07. The lowest BCUT2D eigenvalue weighted by Crippen LogP contribution is -2.20. The molecule has 0 saturated heterocycles. The van der Waals surface area contributed by atoms with E-state index in [1.807, 2.05) is 23.1 Å². The van der Waals surface area contributed by atoms with Gasteiger partial charge >= 0.3 is 0 Å². The van der Waals surface area contributed by atoms with E-state index in [1.54, 1.807) is 0 Å². The highest BCUT2D eigenvalue weighted by molar-refractivity contribution is 8.17. The molecule has 4 rings (SSSR count). The second kappa shape index (κ2) is 4.12. The number of hydrogen-bond donors (Lipinski definition) is 0. The molecular weight excluding hydrogens is 272 g/mol. The number of allylic oxidation sites excluding steroid dienone is 1. The Morgan fingerprint density at radius 1 is 1.26 bits per heavy atom. The maximum Gasteiger partial charge on any atom is 0.168 e. The van der Waals surface area contributed by atoms with Crippen LogP contribution in [0.25, 0.3) is 15.8 Å². The van der Waals surface area contributed by atoms with E-state index >= 15 is 0 Å². The number of benzene rings is 1. The number of hydrogen-bond acceptors (Lipinski definition) is 4. The molecule has 0 saturated carbocycles. The van der Waals surface area contributed by atoms with Crippen molar-refractivity contribution in [2.45, 2.75) is 13.8 Å². The highest BCUT2D eigenvalue weighted by Crippen LogP contribution is 2.42. The SMILES string of the molecule is CC1=C(c2cc(C)c3sccc3c2)N2CCN=C2S1. The molecule has 19 heavy (non-hydrogen) atoms. The third-order valence-electron chi connectivity index (χ3n) is 3.66. The molecule has 0 spiro atoms. The van der Waals surface area contributed by atoms with Crippen LogP contribution in [0.2, 0.25) is 0 Å². The van der Waals surface area contributed by atoms with Gasteiger partial charge in [-0.25, -0.2) is 0 Å². The smallest absolute Gasteiger partial charge is 0.168 e. The lowest BCUT2D eigenvalue weighted by Gasteiger charge is -2.17. The van der Waals surface area contributed by atoms with Crippen molar-refractivity contribution in [2.24, 2.45) is 4.99 Å². The zero-order valence-electron chi connectivity index (χ0n) is 10.9. The first-order valence-electron chi connectivity index (χ1n) is 6.43. The predicted octanol–water partition coefficient (Wildman–Crippen LogP) is 4.32. The van der Waals surface area contributed by atoms with Crippen molar-refractivity contribution < 1.29 is 0 Å². The van der Waals surface area contributed by atoms with Crippen molar-refractivity contribution in [3.8, 4) is 0 Å². The Balaban J connectivity index is 1.90. The summed E-state index contributed by atoms with van der Waals surface area (Å²) in [5.74, 6) is 0. The van der Waals surface area contributed by atoms with Crippen LogP contribution in [-0.2, 0) is 0 Å². The third-order valence-corrected chi connectivity index (χ3v) is 5.76. The molecule has 0 N–H and O–H groups in total. The first-order chi connectivity index (χ1) is 9.24. The number of aliphatic imine (C=N–C) groups is 1. The lowest BCUT2D eigenvalue weighted by atomic mass is 10.0. The van der Waals surface area contributed by atoms with Gasteiger partial charge in [0.15, 0.2) is 5.17 Å². The molecule has 2 nitrogen and oxygen atoms in total. The number of fused-ring (bicyclic) bond motifs is 2. The van der Waals surface area contributed by atoms with Gasteiger partial charge in [-0.2, -0.15) is 0 Å². The molecule has 2 aliphatic rings. The van der Waals surface area contributed by atoms with Gasteiger partial charge in [-0.1, -0.05) is 11.8 Å². The average molecular weight is 286 g/mol. The first kappa shape index (κ1) is 11.6. The molecule has 0 bridgehead atoms. The summed E-state index contributed by atoms with van der Waals surface area (Å²) < 4.78 is 1.41. The second-order valence-electron chi connectivity index (χ2n) is 4.95. The molecule has 0 aliphatic carbocycles. The molecule has 0 fully saturated rings. The van der Waals surface area contributed by atoms with E-state index in [-0.39, 0.29) is 0 Å². The van der Waals surface area contributed by atoms with Crippen molar-refractivity contribution >= 4 is 44.0 Å². The molecule has 1 aromatic heterocycles. The molecule has 1 aromatic carbocycles. The Hall–Kier alpha value is -1.26. The summed E-state index contributed by atoms with van der Waals surface area (Å²) in [6, 6.07) is 6.85. The van der Waals surface area contributed by atoms with E-state index < -0.39 is 0 Å². The molecule has 2 aromatic rings. The molecule has 0 unspecified atom stereocenters. The monoisotopic (exact) mass is 286 g/mol. The fourth-order valence-corrected chi connectivity index (χ4v) is 4.76. The van der Waals surface area contributed by atoms with Crippen molar-refractivity contribution in [1.82, 2.24) is 4.90 Å². The molecule has 4 heteroatoms. The summed E-state index contributed by atoms with van der Waals surface area (Å²) in [4.78, 5) is 8.30. The van der Waals surface area contributed by atoms with Crippen LogP contribution in [-0.4, -0.2) is 23.2 Å². The largest absolute Gasteiger partial charge is 0.318 e. The Bertz CT molecular complexity index is 740. The molecular formula is C15H14N2S2. The van der Waals surface area contributed by atoms with E-state index in [1.165, 1.54) is 37.0 Å². The predicted molar refractivity (Wildman–Crippen MR) is 85.8 cm³/mol. The van der Waals surface area contributed by atoms with Gasteiger partial charge in [0.1, 0.15) is 0 Å². The minimum Gasteiger partial charge on any atom is -0.318 e.